The molecule has 0 radical (unpaired) electrons. The van der Waals surface area contributed by atoms with E-state index in [1.165, 1.54) is 0 Å². The van der Waals surface area contributed by atoms with E-state index in [0.717, 1.165) is 5.56 Å². The summed E-state index contributed by atoms with van der Waals surface area (Å²) in [5.74, 6) is 0.614. The minimum Gasteiger partial charge on any atom is -0.475 e. The summed E-state index contributed by atoms with van der Waals surface area (Å²) in [6, 6.07) is 3.80. The second-order valence-corrected chi connectivity index (χ2v) is 4.19. The van der Waals surface area contributed by atoms with Gasteiger partial charge in [0, 0.05) is 24.8 Å². The van der Waals surface area contributed by atoms with Gasteiger partial charge in [0.1, 0.15) is 0 Å². The van der Waals surface area contributed by atoms with Crippen LogP contribution in [0.25, 0.3) is 0 Å². The number of rotatable bonds is 7. The first-order valence-electron chi connectivity index (χ1n) is 6.21. The number of likely N-dealkylation sites (N-methyl/N-ethyl adjacent to an activating group) is 1. The van der Waals surface area contributed by atoms with Crippen LogP contribution in [0.5, 0.6) is 5.88 Å². The summed E-state index contributed by atoms with van der Waals surface area (Å²) in [5, 5.41) is 5.80. The van der Waals surface area contributed by atoms with Crippen molar-refractivity contribution in [3.63, 3.8) is 0 Å². The molecule has 5 heteroatoms. The standard InChI is InChI=1S/C13H21N3O2/c1-4-15-12(17)9-14-8-11-6-5-7-16-13(11)18-10(2)3/h5-7,10,14H,4,8-9H2,1-3H3,(H,15,17). The van der Waals surface area contributed by atoms with Crippen LogP contribution in [0.1, 0.15) is 26.3 Å². The van der Waals surface area contributed by atoms with E-state index in [9.17, 15) is 4.79 Å². The first-order chi connectivity index (χ1) is 8.63. The molecule has 0 atom stereocenters. The normalized spacial score (nSPS) is 10.4. The van der Waals surface area contributed by atoms with Crippen molar-refractivity contribution in [2.45, 2.75) is 33.4 Å². The predicted octanol–water partition coefficient (Wildman–Crippen LogP) is 1.09. The molecule has 100 valence electrons. The number of pyridine rings is 1. The smallest absolute Gasteiger partial charge is 0.233 e. The number of ether oxygens (including phenoxy) is 1. The molecule has 0 aliphatic heterocycles. The molecular weight excluding hydrogens is 230 g/mol. The van der Waals surface area contributed by atoms with E-state index < -0.39 is 0 Å². The Morgan fingerprint density at radius 3 is 2.94 bits per heavy atom. The molecule has 0 saturated heterocycles. The van der Waals surface area contributed by atoms with Gasteiger partial charge < -0.3 is 15.4 Å². The highest BCUT2D eigenvalue weighted by Gasteiger charge is 2.07. The fraction of sp³-hybridized carbons (Fsp3) is 0.538. The van der Waals surface area contributed by atoms with Gasteiger partial charge in [0.15, 0.2) is 0 Å². The Bertz CT molecular complexity index is 380. The first kappa shape index (κ1) is 14.4. The summed E-state index contributed by atoms with van der Waals surface area (Å²) in [6.07, 6.45) is 1.78. The highest BCUT2D eigenvalue weighted by atomic mass is 16.5. The van der Waals surface area contributed by atoms with Gasteiger partial charge in [0.05, 0.1) is 12.6 Å². The molecule has 0 spiro atoms. The Hall–Kier alpha value is -1.62. The third kappa shape index (κ3) is 5.14. The highest BCUT2D eigenvalue weighted by molar-refractivity contribution is 5.77. The zero-order valence-corrected chi connectivity index (χ0v) is 11.2. The Balaban J connectivity index is 2.48. The van der Waals surface area contributed by atoms with E-state index in [1.54, 1.807) is 6.20 Å². The minimum absolute atomic E-state index is 0.00674. The Labute approximate surface area is 108 Å². The van der Waals surface area contributed by atoms with Crippen LogP contribution in [0.15, 0.2) is 18.3 Å². The van der Waals surface area contributed by atoms with Gasteiger partial charge in [-0.25, -0.2) is 4.98 Å². The van der Waals surface area contributed by atoms with Crippen molar-refractivity contribution in [3.8, 4) is 5.88 Å². The molecule has 1 aromatic rings. The third-order valence-electron chi connectivity index (χ3n) is 2.17. The van der Waals surface area contributed by atoms with Gasteiger partial charge >= 0.3 is 0 Å². The van der Waals surface area contributed by atoms with Crippen molar-refractivity contribution < 1.29 is 9.53 Å². The van der Waals surface area contributed by atoms with Crippen molar-refractivity contribution in [2.24, 2.45) is 0 Å². The summed E-state index contributed by atoms with van der Waals surface area (Å²) in [7, 11) is 0. The summed E-state index contributed by atoms with van der Waals surface area (Å²) < 4.78 is 5.60. The van der Waals surface area contributed by atoms with Crippen LogP contribution in [0, 0.1) is 0 Å². The molecule has 5 nitrogen and oxygen atoms in total. The zero-order chi connectivity index (χ0) is 13.4. The highest BCUT2D eigenvalue weighted by Crippen LogP contribution is 2.15. The van der Waals surface area contributed by atoms with Crippen LogP contribution in [0.2, 0.25) is 0 Å². The fourth-order valence-corrected chi connectivity index (χ4v) is 1.46. The van der Waals surface area contributed by atoms with E-state index in [0.29, 0.717) is 25.5 Å². The van der Waals surface area contributed by atoms with Crippen molar-refractivity contribution in [1.29, 1.82) is 0 Å². The van der Waals surface area contributed by atoms with Crippen molar-refractivity contribution in [3.05, 3.63) is 23.9 Å². The third-order valence-corrected chi connectivity index (χ3v) is 2.17. The Kier molecular flexibility index (Phi) is 6.14. The zero-order valence-electron chi connectivity index (χ0n) is 11.2. The maximum atomic E-state index is 11.3. The van der Waals surface area contributed by atoms with Crippen LogP contribution >= 0.6 is 0 Å². The molecule has 1 amide bonds. The molecule has 0 unspecified atom stereocenters. The number of hydrogen-bond acceptors (Lipinski definition) is 4. The van der Waals surface area contributed by atoms with Gasteiger partial charge in [-0.05, 0) is 26.8 Å². The molecule has 0 fully saturated rings. The van der Waals surface area contributed by atoms with Crippen LogP contribution in [0.3, 0.4) is 0 Å². The Morgan fingerprint density at radius 1 is 1.50 bits per heavy atom. The van der Waals surface area contributed by atoms with Crippen LogP contribution in [-0.2, 0) is 11.3 Å². The van der Waals surface area contributed by atoms with Gasteiger partial charge in [-0.2, -0.15) is 0 Å². The summed E-state index contributed by atoms with van der Waals surface area (Å²) >= 11 is 0. The largest absolute Gasteiger partial charge is 0.475 e. The van der Waals surface area contributed by atoms with E-state index in [1.807, 2.05) is 32.9 Å². The fourth-order valence-electron chi connectivity index (χ4n) is 1.46. The van der Waals surface area contributed by atoms with Gasteiger partial charge in [-0.3, -0.25) is 4.79 Å². The monoisotopic (exact) mass is 251 g/mol. The lowest BCUT2D eigenvalue weighted by atomic mass is 10.2. The molecule has 0 aliphatic carbocycles. The first-order valence-corrected chi connectivity index (χ1v) is 6.21. The van der Waals surface area contributed by atoms with E-state index in [-0.39, 0.29) is 12.0 Å². The Morgan fingerprint density at radius 2 is 2.28 bits per heavy atom. The van der Waals surface area contributed by atoms with Gasteiger partial charge in [0.25, 0.3) is 0 Å². The minimum atomic E-state index is -0.00674. The molecule has 1 aromatic heterocycles. The lowest BCUT2D eigenvalue weighted by Gasteiger charge is -2.13. The van der Waals surface area contributed by atoms with E-state index in [4.69, 9.17) is 4.74 Å². The summed E-state index contributed by atoms with van der Waals surface area (Å²) in [6.45, 7) is 7.32. The number of hydrogen-bond donors (Lipinski definition) is 2. The number of carbonyl (C=O) groups excluding carboxylic acids is 1. The number of carbonyl (C=O) groups is 1. The topological polar surface area (TPSA) is 63.2 Å². The quantitative estimate of drug-likeness (QED) is 0.761. The summed E-state index contributed by atoms with van der Waals surface area (Å²) in [5.41, 5.74) is 0.954. The SMILES string of the molecule is CCNC(=O)CNCc1cccnc1OC(C)C. The van der Waals surface area contributed by atoms with Gasteiger partial charge in [0.2, 0.25) is 11.8 Å². The number of amides is 1. The maximum Gasteiger partial charge on any atom is 0.233 e. The number of nitrogens with one attached hydrogen (secondary N) is 2. The molecule has 1 heterocycles. The predicted molar refractivity (Wildman–Crippen MR) is 70.4 cm³/mol. The molecule has 2 N–H and O–H groups in total. The van der Waals surface area contributed by atoms with Crippen molar-refractivity contribution >= 4 is 5.91 Å². The van der Waals surface area contributed by atoms with E-state index in [2.05, 4.69) is 15.6 Å². The second kappa shape index (κ2) is 7.66. The molecule has 0 saturated carbocycles. The molecule has 0 aliphatic rings. The molecule has 0 aromatic carbocycles. The summed E-state index contributed by atoms with van der Waals surface area (Å²) in [4.78, 5) is 15.5. The maximum absolute atomic E-state index is 11.3. The molecule has 18 heavy (non-hydrogen) atoms. The van der Waals surface area contributed by atoms with Gasteiger partial charge in [-0.15, -0.1) is 0 Å². The molecule has 1 rings (SSSR count). The van der Waals surface area contributed by atoms with Gasteiger partial charge in [-0.1, -0.05) is 6.07 Å². The lowest BCUT2D eigenvalue weighted by Crippen LogP contribution is -2.33. The van der Waals surface area contributed by atoms with Crippen molar-refractivity contribution in [1.82, 2.24) is 15.6 Å². The molecule has 0 bridgehead atoms. The lowest BCUT2D eigenvalue weighted by molar-refractivity contribution is -0.120. The average molecular weight is 251 g/mol. The van der Waals surface area contributed by atoms with Crippen LogP contribution < -0.4 is 15.4 Å². The number of aromatic nitrogens is 1. The van der Waals surface area contributed by atoms with Crippen LogP contribution in [-0.4, -0.2) is 30.1 Å². The average Bonchev–Trinajstić information content (AvgIpc) is 2.31. The van der Waals surface area contributed by atoms with Crippen molar-refractivity contribution in [2.75, 3.05) is 13.1 Å². The second-order valence-electron chi connectivity index (χ2n) is 4.19. The number of nitrogens with zero attached hydrogens (tertiary/aromatic N) is 1. The molecular formula is C13H21N3O2. The van der Waals surface area contributed by atoms with E-state index >= 15 is 0 Å². The van der Waals surface area contributed by atoms with Crippen LogP contribution in [0.4, 0.5) is 0 Å².